The Kier molecular flexibility index (Phi) is 6.21. The van der Waals surface area contributed by atoms with E-state index in [-0.39, 0.29) is 0 Å². The van der Waals surface area contributed by atoms with Crippen LogP contribution in [0.5, 0.6) is 5.75 Å². The highest BCUT2D eigenvalue weighted by molar-refractivity contribution is 9.10. The topological polar surface area (TPSA) is 34.1 Å². The first-order chi connectivity index (χ1) is 10.1. The van der Waals surface area contributed by atoms with Gasteiger partial charge in [0, 0.05) is 29.0 Å². The first-order valence-electron chi connectivity index (χ1n) is 7.16. The van der Waals surface area contributed by atoms with Crippen molar-refractivity contribution in [2.24, 2.45) is 5.92 Å². The predicted molar refractivity (Wildman–Crippen MR) is 89.3 cm³/mol. The van der Waals surface area contributed by atoms with Crippen LogP contribution >= 0.6 is 15.9 Å². The second kappa shape index (κ2) is 8.15. The lowest BCUT2D eigenvalue weighted by Crippen LogP contribution is -2.19. The zero-order valence-electron chi connectivity index (χ0n) is 12.5. The smallest absolute Gasteiger partial charge is 0.120 e. The molecule has 0 amide bonds. The Balaban J connectivity index is 1.94. The molecule has 0 unspecified atom stereocenters. The predicted octanol–water partition coefficient (Wildman–Crippen LogP) is 4.17. The number of nitrogens with one attached hydrogen (secondary N) is 1. The van der Waals surface area contributed by atoms with Crippen molar-refractivity contribution in [2.45, 2.75) is 27.0 Å². The average molecular weight is 349 g/mol. The van der Waals surface area contributed by atoms with Gasteiger partial charge < -0.3 is 10.1 Å². The highest BCUT2D eigenvalue weighted by atomic mass is 79.9. The summed E-state index contributed by atoms with van der Waals surface area (Å²) in [4.78, 5) is 4.09. The molecule has 0 saturated heterocycles. The van der Waals surface area contributed by atoms with Gasteiger partial charge in [0.15, 0.2) is 0 Å². The van der Waals surface area contributed by atoms with Crippen LogP contribution in [0.4, 0.5) is 0 Å². The normalized spacial score (nSPS) is 10.9. The van der Waals surface area contributed by atoms with Crippen molar-refractivity contribution in [3.8, 4) is 5.75 Å². The van der Waals surface area contributed by atoms with Crippen molar-refractivity contribution < 1.29 is 4.74 Å². The van der Waals surface area contributed by atoms with E-state index in [1.54, 1.807) is 6.20 Å². The highest BCUT2D eigenvalue weighted by Crippen LogP contribution is 2.23. The van der Waals surface area contributed by atoms with Crippen LogP contribution in [-0.4, -0.2) is 11.5 Å². The maximum Gasteiger partial charge on any atom is 0.120 e. The zero-order valence-corrected chi connectivity index (χ0v) is 14.1. The molecule has 0 radical (unpaired) electrons. The van der Waals surface area contributed by atoms with Crippen molar-refractivity contribution >= 4 is 15.9 Å². The van der Waals surface area contributed by atoms with Gasteiger partial charge in [0.2, 0.25) is 0 Å². The van der Waals surface area contributed by atoms with E-state index in [0.717, 1.165) is 28.9 Å². The quantitative estimate of drug-likeness (QED) is 0.815. The summed E-state index contributed by atoms with van der Waals surface area (Å²) in [6.07, 6.45) is 3.59. The first kappa shape index (κ1) is 16.0. The monoisotopic (exact) mass is 348 g/mol. The van der Waals surface area contributed by atoms with Crippen LogP contribution in [0.1, 0.15) is 25.0 Å². The van der Waals surface area contributed by atoms with Crippen molar-refractivity contribution in [2.75, 3.05) is 6.54 Å². The molecule has 0 spiro atoms. The van der Waals surface area contributed by atoms with Crippen LogP contribution in [0, 0.1) is 5.92 Å². The number of hydrogen-bond donors (Lipinski definition) is 1. The molecule has 0 atom stereocenters. The summed E-state index contributed by atoms with van der Waals surface area (Å²) < 4.78 is 6.93. The van der Waals surface area contributed by atoms with Crippen LogP contribution in [0.15, 0.2) is 47.2 Å². The molecule has 0 fully saturated rings. The van der Waals surface area contributed by atoms with Crippen LogP contribution < -0.4 is 10.1 Å². The molecule has 0 aliphatic heterocycles. The molecule has 1 N–H and O–H groups in total. The lowest BCUT2D eigenvalue weighted by Gasteiger charge is -2.12. The third kappa shape index (κ3) is 5.48. The number of ether oxygens (including phenoxy) is 1. The molecule has 0 saturated carbocycles. The van der Waals surface area contributed by atoms with Gasteiger partial charge in [-0.25, -0.2) is 0 Å². The van der Waals surface area contributed by atoms with E-state index in [0.29, 0.717) is 12.5 Å². The van der Waals surface area contributed by atoms with Gasteiger partial charge in [-0.05, 0) is 42.3 Å². The average Bonchev–Trinajstić information content (AvgIpc) is 2.48. The summed E-state index contributed by atoms with van der Waals surface area (Å²) in [5, 5.41) is 3.45. The highest BCUT2D eigenvalue weighted by Gasteiger charge is 2.04. The van der Waals surface area contributed by atoms with Crippen LogP contribution in [-0.2, 0) is 13.2 Å². The Hall–Kier alpha value is -1.39. The number of benzene rings is 1. The van der Waals surface area contributed by atoms with Gasteiger partial charge in [0.1, 0.15) is 12.4 Å². The summed E-state index contributed by atoms with van der Waals surface area (Å²) in [6, 6.07) is 10.0. The molecule has 2 aromatic rings. The van der Waals surface area contributed by atoms with E-state index < -0.39 is 0 Å². The molecule has 4 heteroatoms. The summed E-state index contributed by atoms with van der Waals surface area (Å²) in [5.41, 5.74) is 2.28. The minimum absolute atomic E-state index is 0.536. The lowest BCUT2D eigenvalue weighted by molar-refractivity contribution is 0.305. The van der Waals surface area contributed by atoms with E-state index in [1.165, 1.54) is 5.56 Å². The van der Waals surface area contributed by atoms with E-state index in [2.05, 4.69) is 46.1 Å². The molecule has 1 heterocycles. The summed E-state index contributed by atoms with van der Waals surface area (Å²) in [7, 11) is 0. The fraction of sp³-hybridized carbons (Fsp3) is 0.353. The Bertz CT molecular complexity index is 558. The Morgan fingerprint density at radius 1 is 1.29 bits per heavy atom. The number of pyridine rings is 1. The zero-order chi connectivity index (χ0) is 15.1. The number of hydrogen-bond acceptors (Lipinski definition) is 3. The van der Waals surface area contributed by atoms with Crippen molar-refractivity contribution in [1.82, 2.24) is 10.3 Å². The summed E-state index contributed by atoms with van der Waals surface area (Å²) in [5.74, 6) is 1.53. The van der Waals surface area contributed by atoms with E-state index in [1.807, 2.05) is 30.5 Å². The second-order valence-electron chi connectivity index (χ2n) is 5.43. The van der Waals surface area contributed by atoms with Gasteiger partial charge in [-0.3, -0.25) is 4.98 Å². The van der Waals surface area contributed by atoms with E-state index in [4.69, 9.17) is 4.74 Å². The number of rotatable bonds is 7. The molecule has 3 nitrogen and oxygen atoms in total. The second-order valence-corrected chi connectivity index (χ2v) is 6.28. The van der Waals surface area contributed by atoms with Crippen LogP contribution in [0.2, 0.25) is 0 Å². The molecule has 1 aromatic carbocycles. The van der Waals surface area contributed by atoms with Gasteiger partial charge in [-0.15, -0.1) is 0 Å². The Morgan fingerprint density at radius 3 is 2.86 bits per heavy atom. The maximum atomic E-state index is 5.83. The van der Waals surface area contributed by atoms with Gasteiger partial charge in [0.25, 0.3) is 0 Å². The van der Waals surface area contributed by atoms with Crippen molar-refractivity contribution in [3.63, 3.8) is 0 Å². The molecule has 112 valence electrons. The minimum atomic E-state index is 0.536. The Labute approximate surface area is 134 Å². The molecule has 0 aliphatic rings. The minimum Gasteiger partial charge on any atom is -0.489 e. The van der Waals surface area contributed by atoms with Crippen LogP contribution in [0.3, 0.4) is 0 Å². The largest absolute Gasteiger partial charge is 0.489 e. The summed E-state index contributed by atoms with van der Waals surface area (Å²) in [6.45, 7) is 6.79. The third-order valence-corrected chi connectivity index (χ3v) is 3.79. The Morgan fingerprint density at radius 2 is 2.14 bits per heavy atom. The number of nitrogens with zero attached hydrogens (tertiary/aromatic N) is 1. The molecule has 1 aromatic heterocycles. The van der Waals surface area contributed by atoms with Crippen molar-refractivity contribution in [1.29, 1.82) is 0 Å². The summed E-state index contributed by atoms with van der Waals surface area (Å²) >= 11 is 3.59. The number of aromatic nitrogens is 1. The fourth-order valence-corrected chi connectivity index (χ4v) is 2.31. The molecule has 0 aliphatic carbocycles. The van der Waals surface area contributed by atoms with Gasteiger partial charge in [-0.2, -0.15) is 0 Å². The first-order valence-corrected chi connectivity index (χ1v) is 7.95. The maximum absolute atomic E-state index is 5.83. The standard InChI is InChI=1S/C17H21BrN2O/c1-13(2)9-20-11-15-8-16(5-6-17(15)18)21-12-14-4-3-7-19-10-14/h3-8,10,13,20H,9,11-12H2,1-2H3. The molecular weight excluding hydrogens is 328 g/mol. The molecular formula is C17H21BrN2O. The van der Waals surface area contributed by atoms with Gasteiger partial charge in [0.05, 0.1) is 0 Å². The van der Waals surface area contributed by atoms with E-state index in [9.17, 15) is 0 Å². The number of halogens is 1. The third-order valence-electron chi connectivity index (χ3n) is 3.01. The van der Waals surface area contributed by atoms with Crippen molar-refractivity contribution in [3.05, 3.63) is 58.3 Å². The van der Waals surface area contributed by atoms with Crippen LogP contribution in [0.25, 0.3) is 0 Å². The molecule has 2 rings (SSSR count). The van der Waals surface area contributed by atoms with E-state index >= 15 is 0 Å². The fourth-order valence-electron chi connectivity index (χ4n) is 1.92. The van der Waals surface area contributed by atoms with Gasteiger partial charge in [-0.1, -0.05) is 35.8 Å². The molecule has 21 heavy (non-hydrogen) atoms. The SMILES string of the molecule is CC(C)CNCc1cc(OCc2cccnc2)ccc1Br. The lowest BCUT2D eigenvalue weighted by atomic mass is 10.2. The molecule has 0 bridgehead atoms. The van der Waals surface area contributed by atoms with Gasteiger partial charge >= 0.3 is 0 Å².